The summed E-state index contributed by atoms with van der Waals surface area (Å²) >= 11 is 0. The number of carbonyl (C=O) groups excluding carboxylic acids is 1. The van der Waals surface area contributed by atoms with Gasteiger partial charge in [0, 0.05) is 6.07 Å². The second kappa shape index (κ2) is 7.55. The molecule has 2 N–H and O–H groups in total. The molecule has 146 valence electrons. The van der Waals surface area contributed by atoms with Gasteiger partial charge < -0.3 is 19.1 Å². The highest BCUT2D eigenvalue weighted by Gasteiger charge is 2.17. The van der Waals surface area contributed by atoms with E-state index in [0.717, 1.165) is 0 Å². The first-order valence-corrected chi connectivity index (χ1v) is 8.43. The number of rotatable bonds is 4. The average Bonchev–Trinajstić information content (AvgIpc) is 3.10. The van der Waals surface area contributed by atoms with Crippen LogP contribution in [0.15, 0.2) is 41.1 Å². The number of nitrogens with one attached hydrogen (secondary N) is 1. The number of methoxy groups -OCH3 is 1. The Kier molecular flexibility index (Phi) is 5.16. The van der Waals surface area contributed by atoms with E-state index < -0.39 is 11.7 Å². The van der Waals surface area contributed by atoms with Crippen molar-refractivity contribution >= 4 is 11.8 Å². The Bertz CT molecular complexity index is 977. The third kappa shape index (κ3) is 4.56. The molecule has 0 aliphatic carbocycles. The molecule has 9 nitrogen and oxygen atoms in total. The lowest BCUT2D eigenvalue weighted by Crippen LogP contribution is -2.27. The lowest BCUT2D eigenvalue weighted by Gasteiger charge is -2.19. The first kappa shape index (κ1) is 19.2. The fraction of sp³-hybridized carbons (Fsp3) is 0.263. The smallest absolute Gasteiger partial charge is 0.412 e. The van der Waals surface area contributed by atoms with Gasteiger partial charge in [0.05, 0.1) is 24.6 Å². The Balaban J connectivity index is 1.74. The van der Waals surface area contributed by atoms with E-state index >= 15 is 0 Å². The number of phenols is 1. The van der Waals surface area contributed by atoms with Crippen LogP contribution in [0.1, 0.15) is 20.8 Å². The van der Waals surface area contributed by atoms with Gasteiger partial charge in [-0.1, -0.05) is 5.16 Å². The van der Waals surface area contributed by atoms with E-state index in [4.69, 9.17) is 14.0 Å². The van der Waals surface area contributed by atoms with E-state index in [1.807, 2.05) is 0 Å². The molecule has 9 heteroatoms. The van der Waals surface area contributed by atoms with Crippen molar-refractivity contribution < 1.29 is 23.9 Å². The third-order valence-corrected chi connectivity index (χ3v) is 3.50. The van der Waals surface area contributed by atoms with Crippen LogP contribution in [-0.2, 0) is 4.74 Å². The van der Waals surface area contributed by atoms with Crippen LogP contribution in [0.3, 0.4) is 0 Å². The number of ether oxygens (including phenoxy) is 2. The molecule has 28 heavy (non-hydrogen) atoms. The molecular formula is C19H20N4O5. The van der Waals surface area contributed by atoms with E-state index in [1.165, 1.54) is 19.4 Å². The Morgan fingerprint density at radius 2 is 2.00 bits per heavy atom. The molecule has 2 aromatic heterocycles. The molecule has 0 fully saturated rings. The summed E-state index contributed by atoms with van der Waals surface area (Å²) in [6, 6.07) is 8.03. The molecule has 0 saturated carbocycles. The van der Waals surface area contributed by atoms with E-state index in [-0.39, 0.29) is 17.5 Å². The van der Waals surface area contributed by atoms with Gasteiger partial charge in [0.1, 0.15) is 22.8 Å². The number of pyridine rings is 1. The Hall–Kier alpha value is -3.62. The third-order valence-electron chi connectivity index (χ3n) is 3.50. The maximum atomic E-state index is 11.8. The van der Waals surface area contributed by atoms with E-state index in [2.05, 4.69) is 20.4 Å². The number of phenolic OH excluding ortho intramolecular Hbond substituents is 1. The van der Waals surface area contributed by atoms with Gasteiger partial charge in [0.25, 0.3) is 5.89 Å². The first-order chi connectivity index (χ1) is 13.2. The van der Waals surface area contributed by atoms with Gasteiger partial charge in [-0.05, 0) is 45.0 Å². The number of benzene rings is 1. The van der Waals surface area contributed by atoms with Crippen LogP contribution in [-0.4, -0.2) is 39.0 Å². The van der Waals surface area contributed by atoms with Gasteiger partial charge >= 0.3 is 6.09 Å². The molecule has 1 aromatic carbocycles. The topological polar surface area (TPSA) is 120 Å². The summed E-state index contributed by atoms with van der Waals surface area (Å²) in [6.07, 6.45) is 0.888. The summed E-state index contributed by atoms with van der Waals surface area (Å²) in [5.41, 5.74) is 0.695. The van der Waals surface area contributed by atoms with Crippen molar-refractivity contribution in [1.82, 2.24) is 15.1 Å². The van der Waals surface area contributed by atoms with Crippen molar-refractivity contribution in [3.05, 3.63) is 36.5 Å². The van der Waals surface area contributed by atoms with Crippen molar-refractivity contribution in [3.8, 4) is 34.5 Å². The lowest BCUT2D eigenvalue weighted by molar-refractivity contribution is 0.0636. The van der Waals surface area contributed by atoms with Crippen LogP contribution < -0.4 is 10.1 Å². The normalized spacial score (nSPS) is 11.1. The maximum absolute atomic E-state index is 11.8. The van der Waals surface area contributed by atoms with Crippen LogP contribution in [0.5, 0.6) is 11.5 Å². The first-order valence-electron chi connectivity index (χ1n) is 8.43. The molecule has 0 radical (unpaired) electrons. The predicted molar refractivity (Wildman–Crippen MR) is 101 cm³/mol. The summed E-state index contributed by atoms with van der Waals surface area (Å²) in [5.74, 6) is 0.858. The Morgan fingerprint density at radius 1 is 1.21 bits per heavy atom. The average molecular weight is 384 g/mol. The van der Waals surface area contributed by atoms with Crippen LogP contribution in [0, 0.1) is 0 Å². The number of hydrogen-bond donors (Lipinski definition) is 2. The van der Waals surface area contributed by atoms with Crippen LogP contribution in [0.4, 0.5) is 10.5 Å². The second-order valence-electron chi connectivity index (χ2n) is 6.87. The lowest BCUT2D eigenvalue weighted by atomic mass is 10.2. The van der Waals surface area contributed by atoms with E-state index in [9.17, 15) is 9.90 Å². The molecular weight excluding hydrogens is 364 g/mol. The number of aromatic nitrogens is 3. The molecule has 0 aliphatic rings. The van der Waals surface area contributed by atoms with Gasteiger partial charge in [0.15, 0.2) is 0 Å². The summed E-state index contributed by atoms with van der Waals surface area (Å²) < 4.78 is 15.5. The number of hydrogen-bond acceptors (Lipinski definition) is 8. The summed E-state index contributed by atoms with van der Waals surface area (Å²) in [7, 11) is 1.51. The zero-order chi connectivity index (χ0) is 20.3. The van der Waals surface area contributed by atoms with Gasteiger partial charge in [-0.3, -0.25) is 10.3 Å². The number of aromatic hydroxyl groups is 1. The fourth-order valence-corrected chi connectivity index (χ4v) is 2.28. The van der Waals surface area contributed by atoms with Crippen LogP contribution >= 0.6 is 0 Å². The van der Waals surface area contributed by atoms with Gasteiger partial charge in [-0.2, -0.15) is 4.98 Å². The molecule has 0 saturated heterocycles. The highest BCUT2D eigenvalue weighted by atomic mass is 16.6. The molecule has 0 spiro atoms. The SMILES string of the molecule is COc1ccc(-c2nc(-c3ccc(NC(=O)OC(C)(C)C)cn3)no2)c(O)c1. The van der Waals surface area contributed by atoms with Gasteiger partial charge in [-0.15, -0.1) is 0 Å². The van der Waals surface area contributed by atoms with Crippen LogP contribution in [0.2, 0.25) is 0 Å². The Morgan fingerprint density at radius 3 is 2.61 bits per heavy atom. The van der Waals surface area contributed by atoms with Crippen molar-refractivity contribution in [2.24, 2.45) is 0 Å². The zero-order valence-electron chi connectivity index (χ0n) is 15.9. The monoisotopic (exact) mass is 384 g/mol. The minimum atomic E-state index is -0.592. The summed E-state index contributed by atoms with van der Waals surface area (Å²) in [6.45, 7) is 5.34. The van der Waals surface area contributed by atoms with E-state index in [1.54, 1.807) is 45.0 Å². The van der Waals surface area contributed by atoms with Crippen molar-refractivity contribution in [1.29, 1.82) is 0 Å². The number of anilines is 1. The van der Waals surface area contributed by atoms with Crippen molar-refractivity contribution in [2.75, 3.05) is 12.4 Å². The molecule has 2 heterocycles. The number of nitrogens with zero attached hydrogens (tertiary/aromatic N) is 3. The molecule has 3 aromatic rings. The largest absolute Gasteiger partial charge is 0.507 e. The number of carbonyl (C=O) groups is 1. The summed E-state index contributed by atoms with van der Waals surface area (Å²) in [4.78, 5) is 20.3. The highest BCUT2D eigenvalue weighted by molar-refractivity contribution is 5.84. The molecule has 3 rings (SSSR count). The fourth-order valence-electron chi connectivity index (χ4n) is 2.28. The van der Waals surface area contributed by atoms with E-state index in [0.29, 0.717) is 22.7 Å². The molecule has 0 bridgehead atoms. The van der Waals surface area contributed by atoms with Crippen LogP contribution in [0.25, 0.3) is 23.0 Å². The quantitative estimate of drug-likeness (QED) is 0.696. The second-order valence-corrected chi connectivity index (χ2v) is 6.87. The minimum Gasteiger partial charge on any atom is -0.507 e. The van der Waals surface area contributed by atoms with Crippen molar-refractivity contribution in [3.63, 3.8) is 0 Å². The van der Waals surface area contributed by atoms with Crippen molar-refractivity contribution in [2.45, 2.75) is 26.4 Å². The molecule has 0 atom stereocenters. The summed E-state index contributed by atoms with van der Waals surface area (Å²) in [5, 5.41) is 16.6. The molecule has 0 unspecified atom stereocenters. The standard InChI is InChI=1S/C19H20N4O5/c1-19(2,3)27-18(25)21-11-5-8-14(20-10-11)16-22-17(28-23-16)13-7-6-12(26-4)9-15(13)24/h5-10,24H,1-4H3,(H,21,25). The molecule has 1 amide bonds. The zero-order valence-corrected chi connectivity index (χ0v) is 15.9. The van der Waals surface area contributed by atoms with Gasteiger partial charge in [0.2, 0.25) is 5.82 Å². The predicted octanol–water partition coefficient (Wildman–Crippen LogP) is 3.86. The highest BCUT2D eigenvalue weighted by Crippen LogP contribution is 2.32. The number of amides is 1. The molecule has 0 aliphatic heterocycles. The Labute approximate surface area is 161 Å². The minimum absolute atomic E-state index is 0.0422. The van der Waals surface area contributed by atoms with Gasteiger partial charge in [-0.25, -0.2) is 4.79 Å². The maximum Gasteiger partial charge on any atom is 0.412 e.